The Hall–Kier alpha value is -1.59. The van der Waals surface area contributed by atoms with Crippen molar-refractivity contribution >= 4 is 5.91 Å². The summed E-state index contributed by atoms with van der Waals surface area (Å²) in [5, 5.41) is 2.82. The van der Waals surface area contributed by atoms with E-state index in [1.54, 1.807) is 12.1 Å². The van der Waals surface area contributed by atoms with Gasteiger partial charge in [0.15, 0.2) is 0 Å². The molecule has 0 saturated heterocycles. The summed E-state index contributed by atoms with van der Waals surface area (Å²) in [5.74, 6) is 0.663. The van der Waals surface area contributed by atoms with Crippen LogP contribution in [0.25, 0.3) is 0 Å². The predicted octanol–water partition coefficient (Wildman–Crippen LogP) is 1.87. The fraction of sp³-hybridized carbons (Fsp3) is 0.588. The van der Waals surface area contributed by atoms with Crippen molar-refractivity contribution in [2.24, 2.45) is 5.73 Å². The van der Waals surface area contributed by atoms with Crippen LogP contribution in [0.5, 0.6) is 5.75 Å². The second-order valence-corrected chi connectivity index (χ2v) is 6.07. The first kappa shape index (κ1) is 18.5. The average molecular weight is 307 g/mol. The molecule has 3 N–H and O–H groups in total. The summed E-state index contributed by atoms with van der Waals surface area (Å²) in [6, 6.07) is 7.19. The molecular formula is C17H29N3O2. The van der Waals surface area contributed by atoms with Crippen molar-refractivity contribution in [3.63, 3.8) is 0 Å². The second kappa shape index (κ2) is 8.76. The van der Waals surface area contributed by atoms with Crippen LogP contribution in [-0.2, 0) is 0 Å². The molecule has 1 aromatic carbocycles. The van der Waals surface area contributed by atoms with Crippen LogP contribution in [0.4, 0.5) is 0 Å². The Morgan fingerprint density at radius 3 is 2.32 bits per heavy atom. The number of hydrogen-bond acceptors (Lipinski definition) is 4. The molecule has 0 aliphatic carbocycles. The maximum absolute atomic E-state index is 12.0. The fourth-order valence-electron chi connectivity index (χ4n) is 1.95. The number of rotatable bonds is 9. The molecule has 0 aromatic heterocycles. The predicted molar refractivity (Wildman–Crippen MR) is 90.3 cm³/mol. The molecule has 5 nitrogen and oxygen atoms in total. The summed E-state index contributed by atoms with van der Waals surface area (Å²) in [7, 11) is 0. The lowest BCUT2D eigenvalue weighted by Gasteiger charge is -2.19. The van der Waals surface area contributed by atoms with Crippen LogP contribution in [0, 0.1) is 0 Å². The maximum Gasteiger partial charge on any atom is 0.251 e. The zero-order chi connectivity index (χ0) is 16.6. The van der Waals surface area contributed by atoms with Crippen molar-refractivity contribution in [1.29, 1.82) is 0 Å². The van der Waals surface area contributed by atoms with Crippen LogP contribution >= 0.6 is 0 Å². The summed E-state index contributed by atoms with van der Waals surface area (Å²) in [6.45, 7) is 12.1. The molecule has 0 aliphatic rings. The molecule has 1 rings (SSSR count). The van der Waals surface area contributed by atoms with Gasteiger partial charge in [-0.2, -0.15) is 0 Å². The lowest BCUT2D eigenvalue weighted by Crippen LogP contribution is -2.45. The highest BCUT2D eigenvalue weighted by atomic mass is 16.5. The molecule has 124 valence electrons. The number of nitrogens with zero attached hydrogens (tertiary/aromatic N) is 1. The number of likely N-dealkylation sites (N-methyl/N-ethyl adjacent to an activating group) is 1. The molecule has 0 heterocycles. The Labute approximate surface area is 133 Å². The molecule has 0 atom stereocenters. The summed E-state index contributed by atoms with van der Waals surface area (Å²) in [5.41, 5.74) is 6.05. The quantitative estimate of drug-likeness (QED) is 0.731. The molecule has 0 radical (unpaired) electrons. The van der Waals surface area contributed by atoms with Crippen molar-refractivity contribution in [2.45, 2.75) is 33.2 Å². The third-order valence-corrected chi connectivity index (χ3v) is 3.39. The second-order valence-electron chi connectivity index (χ2n) is 6.07. The zero-order valence-corrected chi connectivity index (χ0v) is 14.2. The molecule has 1 amide bonds. The number of carbonyl (C=O) groups excluding carboxylic acids is 1. The van der Waals surface area contributed by atoms with Gasteiger partial charge in [-0.05, 0) is 51.2 Å². The van der Waals surface area contributed by atoms with Gasteiger partial charge >= 0.3 is 0 Å². The van der Waals surface area contributed by atoms with Crippen LogP contribution < -0.4 is 15.8 Å². The van der Waals surface area contributed by atoms with Crippen LogP contribution in [-0.4, -0.2) is 49.1 Å². The van der Waals surface area contributed by atoms with Gasteiger partial charge < -0.3 is 20.7 Å². The molecule has 0 aliphatic heterocycles. The lowest BCUT2D eigenvalue weighted by molar-refractivity contribution is 0.0946. The summed E-state index contributed by atoms with van der Waals surface area (Å²) < 4.78 is 5.70. The third-order valence-electron chi connectivity index (χ3n) is 3.39. The number of hydrogen-bond donors (Lipinski definition) is 2. The number of carbonyl (C=O) groups is 1. The molecule has 5 heteroatoms. The zero-order valence-electron chi connectivity index (χ0n) is 14.2. The van der Waals surface area contributed by atoms with Gasteiger partial charge in [0.05, 0.1) is 0 Å². The highest BCUT2D eigenvalue weighted by molar-refractivity contribution is 5.94. The normalized spacial score (nSPS) is 11.5. The van der Waals surface area contributed by atoms with E-state index in [1.165, 1.54) is 0 Å². The number of nitrogens with two attached hydrogens (primary N) is 1. The van der Waals surface area contributed by atoms with Crippen molar-refractivity contribution in [2.75, 3.05) is 32.8 Å². The first-order valence-electron chi connectivity index (χ1n) is 7.88. The molecule has 0 unspecified atom stereocenters. The van der Waals surface area contributed by atoms with Crippen molar-refractivity contribution in [3.8, 4) is 5.75 Å². The highest BCUT2D eigenvalue weighted by Crippen LogP contribution is 2.12. The topological polar surface area (TPSA) is 67.6 Å². The number of nitrogens with one attached hydrogen (secondary N) is 1. The molecule has 0 bridgehead atoms. The first-order chi connectivity index (χ1) is 10.4. The minimum Gasteiger partial charge on any atom is -0.492 e. The van der Waals surface area contributed by atoms with Crippen molar-refractivity contribution in [1.82, 2.24) is 10.2 Å². The van der Waals surface area contributed by atoms with E-state index in [9.17, 15) is 4.79 Å². The van der Waals surface area contributed by atoms with Gasteiger partial charge in [-0.3, -0.25) is 4.79 Å². The Morgan fingerprint density at radius 2 is 1.82 bits per heavy atom. The Bertz CT molecular complexity index is 448. The summed E-state index contributed by atoms with van der Waals surface area (Å²) in [4.78, 5) is 14.3. The van der Waals surface area contributed by atoms with Crippen LogP contribution in [0.15, 0.2) is 24.3 Å². The molecule has 1 aromatic rings. The molecule has 0 saturated carbocycles. The highest BCUT2D eigenvalue weighted by Gasteiger charge is 2.13. The maximum atomic E-state index is 12.0. The van der Waals surface area contributed by atoms with Crippen LogP contribution in [0.1, 0.15) is 38.1 Å². The Morgan fingerprint density at radius 1 is 1.23 bits per heavy atom. The minimum atomic E-state index is -0.414. The largest absolute Gasteiger partial charge is 0.492 e. The van der Waals surface area contributed by atoms with E-state index in [0.29, 0.717) is 18.7 Å². The SMILES string of the molecule is CCN(CC)CCOc1ccc(C(=O)NCC(C)(C)N)cc1. The van der Waals surface area contributed by atoms with Crippen molar-refractivity contribution < 1.29 is 9.53 Å². The summed E-state index contributed by atoms with van der Waals surface area (Å²) >= 11 is 0. The van der Waals surface area contributed by atoms with Gasteiger partial charge in [0, 0.05) is 24.2 Å². The van der Waals surface area contributed by atoms with Gasteiger partial charge in [-0.25, -0.2) is 0 Å². The smallest absolute Gasteiger partial charge is 0.251 e. The van der Waals surface area contributed by atoms with Gasteiger partial charge in [0.25, 0.3) is 5.91 Å². The minimum absolute atomic E-state index is 0.117. The monoisotopic (exact) mass is 307 g/mol. The molecule has 22 heavy (non-hydrogen) atoms. The van der Waals surface area contributed by atoms with Gasteiger partial charge in [-0.1, -0.05) is 13.8 Å². The van der Waals surface area contributed by atoms with Gasteiger partial charge in [0.2, 0.25) is 0 Å². The van der Waals surface area contributed by atoms with E-state index in [0.717, 1.165) is 25.4 Å². The molecule has 0 spiro atoms. The molecule has 0 fully saturated rings. The Balaban J connectivity index is 2.44. The number of amides is 1. The van der Waals surface area contributed by atoms with Gasteiger partial charge in [-0.15, -0.1) is 0 Å². The van der Waals surface area contributed by atoms with Crippen LogP contribution in [0.3, 0.4) is 0 Å². The van der Waals surface area contributed by atoms with E-state index >= 15 is 0 Å². The van der Waals surface area contributed by atoms with Crippen LogP contribution in [0.2, 0.25) is 0 Å². The average Bonchev–Trinajstić information content (AvgIpc) is 2.49. The van der Waals surface area contributed by atoms with E-state index in [-0.39, 0.29) is 5.91 Å². The van der Waals surface area contributed by atoms with Crippen molar-refractivity contribution in [3.05, 3.63) is 29.8 Å². The van der Waals surface area contributed by atoms with E-state index in [1.807, 2.05) is 26.0 Å². The van der Waals surface area contributed by atoms with Gasteiger partial charge in [0.1, 0.15) is 12.4 Å². The van der Waals surface area contributed by atoms with E-state index < -0.39 is 5.54 Å². The number of ether oxygens (including phenoxy) is 1. The summed E-state index contributed by atoms with van der Waals surface area (Å²) in [6.07, 6.45) is 0. The lowest BCUT2D eigenvalue weighted by atomic mass is 10.1. The first-order valence-corrected chi connectivity index (χ1v) is 7.88. The number of benzene rings is 1. The standard InChI is InChI=1S/C17H29N3O2/c1-5-20(6-2)11-12-22-15-9-7-14(8-10-15)16(21)19-13-17(3,4)18/h7-10H,5-6,11-13,18H2,1-4H3,(H,19,21). The Kier molecular flexibility index (Phi) is 7.35. The van der Waals surface area contributed by atoms with E-state index in [2.05, 4.69) is 24.1 Å². The fourth-order valence-corrected chi connectivity index (χ4v) is 1.95. The molecular weight excluding hydrogens is 278 g/mol. The van der Waals surface area contributed by atoms with E-state index in [4.69, 9.17) is 10.5 Å². The third kappa shape index (κ3) is 6.91.